The first-order valence-electron chi connectivity index (χ1n) is 8.43. The molecular formula is C19H20N4O2. The van der Waals surface area contributed by atoms with E-state index in [0.717, 1.165) is 16.6 Å². The van der Waals surface area contributed by atoms with E-state index < -0.39 is 5.60 Å². The summed E-state index contributed by atoms with van der Waals surface area (Å²) in [5, 5.41) is 10.9. The molecule has 1 fully saturated rings. The number of benzene rings is 1. The van der Waals surface area contributed by atoms with Gasteiger partial charge in [-0.1, -0.05) is 6.07 Å². The number of carbonyl (C=O) groups excluding carboxylic acids is 1. The fourth-order valence-corrected chi connectivity index (χ4v) is 3.33. The second kappa shape index (κ2) is 5.97. The quantitative estimate of drug-likeness (QED) is 0.753. The number of imidazole rings is 1. The van der Waals surface area contributed by atoms with Crippen LogP contribution in [0.3, 0.4) is 0 Å². The van der Waals surface area contributed by atoms with Gasteiger partial charge in [0.25, 0.3) is 5.91 Å². The van der Waals surface area contributed by atoms with Crippen molar-refractivity contribution in [3.63, 3.8) is 0 Å². The minimum Gasteiger partial charge on any atom is -0.383 e. The SMILES string of the molecule is Cc1ccc(C2(O)CCN(C(=O)c3ccc4nc[nH]c4c3)CC2)nc1. The summed E-state index contributed by atoms with van der Waals surface area (Å²) in [6.45, 7) is 2.98. The first-order chi connectivity index (χ1) is 12.0. The number of hydrogen-bond donors (Lipinski definition) is 2. The van der Waals surface area contributed by atoms with Crippen molar-refractivity contribution < 1.29 is 9.90 Å². The maximum absolute atomic E-state index is 12.8. The number of likely N-dealkylation sites (tertiary alicyclic amines) is 1. The molecule has 0 bridgehead atoms. The molecule has 1 aromatic carbocycles. The number of H-pyrrole nitrogens is 1. The van der Waals surface area contributed by atoms with Gasteiger partial charge in [0.2, 0.25) is 0 Å². The molecule has 128 valence electrons. The highest BCUT2D eigenvalue weighted by molar-refractivity contribution is 5.97. The van der Waals surface area contributed by atoms with Gasteiger partial charge in [0.1, 0.15) is 5.60 Å². The number of aromatic nitrogens is 3. The van der Waals surface area contributed by atoms with Gasteiger partial charge in [0, 0.05) is 24.8 Å². The molecule has 0 saturated carbocycles. The number of nitrogens with zero attached hydrogens (tertiary/aromatic N) is 3. The van der Waals surface area contributed by atoms with Gasteiger partial charge in [-0.15, -0.1) is 0 Å². The van der Waals surface area contributed by atoms with Gasteiger partial charge in [-0.25, -0.2) is 4.98 Å². The van der Waals surface area contributed by atoms with Gasteiger partial charge in [-0.05, 0) is 49.6 Å². The number of aromatic amines is 1. The minimum atomic E-state index is -0.961. The summed E-state index contributed by atoms with van der Waals surface area (Å²) < 4.78 is 0. The highest BCUT2D eigenvalue weighted by Crippen LogP contribution is 2.32. The number of aryl methyl sites for hydroxylation is 1. The molecular weight excluding hydrogens is 316 g/mol. The van der Waals surface area contributed by atoms with Crippen molar-refractivity contribution in [2.45, 2.75) is 25.4 Å². The average molecular weight is 336 g/mol. The standard InChI is InChI=1S/C19H20N4O2/c1-13-2-5-17(20-11-13)19(25)6-8-23(9-7-19)18(24)14-3-4-15-16(10-14)22-12-21-15/h2-5,10-12,25H,6-9H2,1H3,(H,21,22). The molecule has 1 aliphatic rings. The zero-order valence-electron chi connectivity index (χ0n) is 14.1. The number of pyridine rings is 1. The van der Waals surface area contributed by atoms with E-state index in [1.165, 1.54) is 0 Å². The van der Waals surface area contributed by atoms with Crippen LogP contribution in [0.25, 0.3) is 11.0 Å². The highest BCUT2D eigenvalue weighted by Gasteiger charge is 2.36. The molecule has 3 aromatic rings. The summed E-state index contributed by atoms with van der Waals surface area (Å²) in [6.07, 6.45) is 4.36. The van der Waals surface area contributed by atoms with Gasteiger partial charge in [0.15, 0.2) is 0 Å². The minimum absolute atomic E-state index is 0.0181. The zero-order valence-corrected chi connectivity index (χ0v) is 14.1. The molecule has 2 aromatic heterocycles. The van der Waals surface area contributed by atoms with Crippen molar-refractivity contribution in [2.75, 3.05) is 13.1 Å². The number of nitrogens with one attached hydrogen (secondary N) is 1. The fraction of sp³-hybridized carbons (Fsp3) is 0.316. The van der Waals surface area contributed by atoms with Gasteiger partial charge < -0.3 is 15.0 Å². The Morgan fingerprint density at radius 3 is 2.72 bits per heavy atom. The third-order valence-electron chi connectivity index (χ3n) is 4.93. The van der Waals surface area contributed by atoms with E-state index in [1.54, 1.807) is 23.5 Å². The Labute approximate surface area is 145 Å². The van der Waals surface area contributed by atoms with Gasteiger partial charge in [0.05, 0.1) is 23.1 Å². The molecule has 4 rings (SSSR count). The van der Waals surface area contributed by atoms with Crippen molar-refractivity contribution in [1.82, 2.24) is 19.9 Å². The molecule has 6 nitrogen and oxygen atoms in total. The molecule has 25 heavy (non-hydrogen) atoms. The smallest absolute Gasteiger partial charge is 0.253 e. The molecule has 0 atom stereocenters. The van der Waals surface area contributed by atoms with E-state index in [1.807, 2.05) is 31.2 Å². The van der Waals surface area contributed by atoms with Crippen molar-refractivity contribution in [1.29, 1.82) is 0 Å². The normalized spacial score (nSPS) is 17.0. The number of fused-ring (bicyclic) bond motifs is 1. The molecule has 1 aliphatic heterocycles. The summed E-state index contributed by atoms with van der Waals surface area (Å²) in [6, 6.07) is 9.30. The molecule has 2 N–H and O–H groups in total. The fourth-order valence-electron chi connectivity index (χ4n) is 3.33. The van der Waals surface area contributed by atoms with Crippen molar-refractivity contribution in [2.24, 2.45) is 0 Å². The Morgan fingerprint density at radius 1 is 1.20 bits per heavy atom. The summed E-state index contributed by atoms with van der Waals surface area (Å²) in [7, 11) is 0. The first-order valence-corrected chi connectivity index (χ1v) is 8.43. The number of hydrogen-bond acceptors (Lipinski definition) is 4. The molecule has 0 aliphatic carbocycles. The molecule has 0 spiro atoms. The second-order valence-corrected chi connectivity index (χ2v) is 6.68. The van der Waals surface area contributed by atoms with E-state index in [-0.39, 0.29) is 5.91 Å². The summed E-state index contributed by atoms with van der Waals surface area (Å²) in [5.41, 5.74) is 3.12. The topological polar surface area (TPSA) is 82.1 Å². The molecule has 3 heterocycles. The number of rotatable bonds is 2. The van der Waals surface area contributed by atoms with Crippen LogP contribution in [0.4, 0.5) is 0 Å². The predicted molar refractivity (Wildman–Crippen MR) is 94.1 cm³/mol. The van der Waals surface area contributed by atoms with Gasteiger partial charge in [-0.3, -0.25) is 9.78 Å². The van der Waals surface area contributed by atoms with Gasteiger partial charge >= 0.3 is 0 Å². The van der Waals surface area contributed by atoms with Crippen LogP contribution in [-0.4, -0.2) is 44.0 Å². The Bertz CT molecular complexity index is 909. The highest BCUT2D eigenvalue weighted by atomic mass is 16.3. The lowest BCUT2D eigenvalue weighted by molar-refractivity contribution is -0.0244. The largest absolute Gasteiger partial charge is 0.383 e. The summed E-state index contributed by atoms with van der Waals surface area (Å²) in [4.78, 5) is 26.1. The van der Waals surface area contributed by atoms with Crippen LogP contribution in [0.15, 0.2) is 42.9 Å². The average Bonchev–Trinajstić information content (AvgIpc) is 3.10. The number of carbonyl (C=O) groups is 1. The lowest BCUT2D eigenvalue weighted by atomic mass is 9.87. The van der Waals surface area contributed by atoms with Crippen LogP contribution in [0, 0.1) is 6.92 Å². The molecule has 1 amide bonds. The maximum atomic E-state index is 12.8. The monoisotopic (exact) mass is 336 g/mol. The summed E-state index contributed by atoms with van der Waals surface area (Å²) >= 11 is 0. The van der Waals surface area contributed by atoms with Crippen molar-refractivity contribution in [3.8, 4) is 0 Å². The zero-order chi connectivity index (χ0) is 17.4. The van der Waals surface area contributed by atoms with E-state index in [2.05, 4.69) is 15.0 Å². The van der Waals surface area contributed by atoms with Crippen LogP contribution in [0.1, 0.15) is 34.5 Å². The van der Waals surface area contributed by atoms with Crippen LogP contribution < -0.4 is 0 Å². The van der Waals surface area contributed by atoms with Crippen LogP contribution in [-0.2, 0) is 5.60 Å². The van der Waals surface area contributed by atoms with Crippen LogP contribution in [0.5, 0.6) is 0 Å². The number of amides is 1. The van der Waals surface area contributed by atoms with E-state index in [9.17, 15) is 9.90 Å². The van der Waals surface area contributed by atoms with Gasteiger partial charge in [-0.2, -0.15) is 0 Å². The Balaban J connectivity index is 1.49. The van der Waals surface area contributed by atoms with Crippen LogP contribution in [0.2, 0.25) is 0 Å². The summed E-state index contributed by atoms with van der Waals surface area (Å²) in [5.74, 6) is -0.0181. The lowest BCUT2D eigenvalue weighted by Gasteiger charge is -2.37. The Morgan fingerprint density at radius 2 is 2.00 bits per heavy atom. The molecule has 0 unspecified atom stereocenters. The van der Waals surface area contributed by atoms with Crippen molar-refractivity contribution in [3.05, 3.63) is 59.7 Å². The second-order valence-electron chi connectivity index (χ2n) is 6.68. The number of aliphatic hydroxyl groups is 1. The Kier molecular flexibility index (Phi) is 3.77. The maximum Gasteiger partial charge on any atom is 0.253 e. The predicted octanol–water partition coefficient (Wildman–Crippen LogP) is 2.39. The number of piperidine rings is 1. The molecule has 1 saturated heterocycles. The van der Waals surface area contributed by atoms with E-state index >= 15 is 0 Å². The van der Waals surface area contributed by atoms with E-state index in [4.69, 9.17) is 0 Å². The third-order valence-corrected chi connectivity index (χ3v) is 4.93. The van der Waals surface area contributed by atoms with Crippen molar-refractivity contribution >= 4 is 16.9 Å². The Hall–Kier alpha value is -2.73. The molecule has 6 heteroatoms. The van der Waals surface area contributed by atoms with Crippen LogP contribution >= 0.6 is 0 Å². The first kappa shape index (κ1) is 15.8. The van der Waals surface area contributed by atoms with E-state index in [0.29, 0.717) is 37.2 Å². The lowest BCUT2D eigenvalue weighted by Crippen LogP contribution is -2.45. The molecule has 0 radical (unpaired) electrons. The third kappa shape index (κ3) is 2.89.